The number of hydrogen-bond acceptors (Lipinski definition) is 5. The molecule has 0 atom stereocenters. The van der Waals surface area contributed by atoms with Gasteiger partial charge in [-0.3, -0.25) is 4.98 Å². The van der Waals surface area contributed by atoms with E-state index in [1.54, 1.807) is 12.4 Å². The van der Waals surface area contributed by atoms with Gasteiger partial charge >= 0.3 is 0 Å². The van der Waals surface area contributed by atoms with Gasteiger partial charge in [-0.2, -0.15) is 0 Å². The fourth-order valence-corrected chi connectivity index (χ4v) is 2.90. The molecule has 0 spiro atoms. The SMILES string of the molecule is CCc1cc(N(C)CCN2CCCC2)nc(-c2ccncc2)n1. The minimum atomic E-state index is 0.787. The highest BCUT2D eigenvalue weighted by Crippen LogP contribution is 2.19. The van der Waals surface area contributed by atoms with Gasteiger partial charge in [0.2, 0.25) is 0 Å². The van der Waals surface area contributed by atoms with Crippen molar-refractivity contribution in [3.05, 3.63) is 36.3 Å². The van der Waals surface area contributed by atoms with Gasteiger partial charge in [-0.1, -0.05) is 6.92 Å². The van der Waals surface area contributed by atoms with E-state index in [1.165, 1.54) is 25.9 Å². The second kappa shape index (κ2) is 7.51. The maximum atomic E-state index is 4.77. The summed E-state index contributed by atoms with van der Waals surface area (Å²) >= 11 is 0. The van der Waals surface area contributed by atoms with Crippen LogP contribution in [0.4, 0.5) is 5.82 Å². The zero-order valence-electron chi connectivity index (χ0n) is 14.1. The normalized spacial score (nSPS) is 15.0. The maximum Gasteiger partial charge on any atom is 0.161 e. The van der Waals surface area contributed by atoms with Crippen molar-refractivity contribution >= 4 is 5.82 Å². The van der Waals surface area contributed by atoms with Crippen LogP contribution in [0.15, 0.2) is 30.6 Å². The molecule has 1 fully saturated rings. The second-order valence-corrected chi connectivity index (χ2v) is 6.10. The van der Waals surface area contributed by atoms with Crippen LogP contribution in [0.25, 0.3) is 11.4 Å². The van der Waals surface area contributed by atoms with E-state index in [0.717, 1.165) is 42.4 Å². The first-order chi connectivity index (χ1) is 11.3. The molecule has 0 radical (unpaired) electrons. The van der Waals surface area contributed by atoms with Gasteiger partial charge in [0.1, 0.15) is 5.82 Å². The minimum Gasteiger partial charge on any atom is -0.358 e. The Hall–Kier alpha value is -2.01. The van der Waals surface area contributed by atoms with Gasteiger partial charge in [0.05, 0.1) is 0 Å². The van der Waals surface area contributed by atoms with E-state index in [0.29, 0.717) is 0 Å². The van der Waals surface area contributed by atoms with E-state index in [9.17, 15) is 0 Å². The number of rotatable bonds is 6. The molecule has 23 heavy (non-hydrogen) atoms. The van der Waals surface area contributed by atoms with Crippen molar-refractivity contribution in [3.63, 3.8) is 0 Å². The molecule has 2 aromatic heterocycles. The Morgan fingerprint density at radius 2 is 1.87 bits per heavy atom. The lowest BCUT2D eigenvalue weighted by Gasteiger charge is -2.23. The lowest BCUT2D eigenvalue weighted by atomic mass is 10.2. The third-order valence-corrected chi connectivity index (χ3v) is 4.41. The van der Waals surface area contributed by atoms with Crippen LogP contribution in [0.2, 0.25) is 0 Å². The number of anilines is 1. The van der Waals surface area contributed by atoms with Gasteiger partial charge in [0, 0.05) is 49.9 Å². The highest BCUT2D eigenvalue weighted by molar-refractivity contribution is 5.57. The van der Waals surface area contributed by atoms with Gasteiger partial charge < -0.3 is 9.80 Å². The van der Waals surface area contributed by atoms with Crippen molar-refractivity contribution in [2.24, 2.45) is 0 Å². The summed E-state index contributed by atoms with van der Waals surface area (Å²) in [6.07, 6.45) is 7.16. The third kappa shape index (κ3) is 4.05. The molecular formula is C18H25N5. The van der Waals surface area contributed by atoms with Gasteiger partial charge in [-0.05, 0) is 44.5 Å². The standard InChI is InChI=1S/C18H25N5/c1-3-16-14-17(22(2)12-13-23-10-4-5-11-23)21-18(20-16)15-6-8-19-9-7-15/h6-9,14H,3-5,10-13H2,1-2H3. The first-order valence-electron chi connectivity index (χ1n) is 8.48. The molecule has 122 valence electrons. The Morgan fingerprint density at radius 1 is 1.13 bits per heavy atom. The number of aryl methyl sites for hydroxylation is 1. The van der Waals surface area contributed by atoms with Crippen molar-refractivity contribution in [2.75, 3.05) is 38.1 Å². The molecule has 5 nitrogen and oxygen atoms in total. The first-order valence-corrected chi connectivity index (χ1v) is 8.48. The van der Waals surface area contributed by atoms with E-state index in [1.807, 2.05) is 12.1 Å². The van der Waals surface area contributed by atoms with E-state index in [-0.39, 0.29) is 0 Å². The Bertz CT molecular complexity index is 623. The molecule has 3 rings (SSSR count). The van der Waals surface area contributed by atoms with E-state index in [2.05, 4.69) is 39.8 Å². The summed E-state index contributed by atoms with van der Waals surface area (Å²) in [6, 6.07) is 6.03. The number of nitrogens with zero attached hydrogens (tertiary/aromatic N) is 5. The van der Waals surface area contributed by atoms with Crippen LogP contribution in [0.5, 0.6) is 0 Å². The molecule has 1 aliphatic rings. The highest BCUT2D eigenvalue weighted by atomic mass is 15.2. The fourth-order valence-electron chi connectivity index (χ4n) is 2.90. The van der Waals surface area contributed by atoms with Crippen molar-refractivity contribution in [1.29, 1.82) is 0 Å². The summed E-state index contributed by atoms with van der Waals surface area (Å²) in [4.78, 5) is 18.3. The van der Waals surface area contributed by atoms with E-state index < -0.39 is 0 Å². The average molecular weight is 311 g/mol. The monoisotopic (exact) mass is 311 g/mol. The number of pyridine rings is 1. The molecular weight excluding hydrogens is 286 g/mol. The van der Waals surface area contributed by atoms with Gasteiger partial charge in [-0.15, -0.1) is 0 Å². The van der Waals surface area contributed by atoms with Crippen LogP contribution in [0.3, 0.4) is 0 Å². The topological polar surface area (TPSA) is 45.2 Å². The Kier molecular flexibility index (Phi) is 5.18. The van der Waals surface area contributed by atoms with Crippen LogP contribution in [0, 0.1) is 0 Å². The van der Waals surface area contributed by atoms with Gasteiger partial charge in [0.25, 0.3) is 0 Å². The maximum absolute atomic E-state index is 4.77. The lowest BCUT2D eigenvalue weighted by Crippen LogP contribution is -2.32. The molecule has 1 saturated heterocycles. The van der Waals surface area contributed by atoms with Gasteiger partial charge in [0.15, 0.2) is 5.82 Å². The van der Waals surface area contributed by atoms with Gasteiger partial charge in [-0.25, -0.2) is 9.97 Å². The molecule has 1 aliphatic heterocycles. The zero-order chi connectivity index (χ0) is 16.1. The lowest BCUT2D eigenvalue weighted by molar-refractivity contribution is 0.346. The number of aromatic nitrogens is 3. The smallest absolute Gasteiger partial charge is 0.161 e. The fraction of sp³-hybridized carbons (Fsp3) is 0.500. The molecule has 3 heterocycles. The zero-order valence-corrected chi connectivity index (χ0v) is 14.1. The molecule has 5 heteroatoms. The molecule has 0 saturated carbocycles. The largest absolute Gasteiger partial charge is 0.358 e. The van der Waals surface area contributed by atoms with Crippen molar-refractivity contribution in [2.45, 2.75) is 26.2 Å². The third-order valence-electron chi connectivity index (χ3n) is 4.41. The van der Waals surface area contributed by atoms with Crippen LogP contribution < -0.4 is 4.90 Å². The summed E-state index contributed by atoms with van der Waals surface area (Å²) in [6.45, 7) is 6.70. The summed E-state index contributed by atoms with van der Waals surface area (Å²) < 4.78 is 0. The summed E-state index contributed by atoms with van der Waals surface area (Å²) in [7, 11) is 2.12. The van der Waals surface area contributed by atoms with E-state index in [4.69, 9.17) is 4.98 Å². The number of likely N-dealkylation sites (tertiary alicyclic amines) is 1. The Labute approximate surface area is 138 Å². The average Bonchev–Trinajstić information content (AvgIpc) is 3.13. The molecule has 0 aliphatic carbocycles. The quantitative estimate of drug-likeness (QED) is 0.820. The summed E-state index contributed by atoms with van der Waals surface area (Å²) in [5.41, 5.74) is 2.10. The first kappa shape index (κ1) is 15.9. The molecule has 0 amide bonds. The molecule has 0 bridgehead atoms. The number of likely N-dealkylation sites (N-methyl/N-ethyl adjacent to an activating group) is 1. The van der Waals surface area contributed by atoms with Crippen LogP contribution >= 0.6 is 0 Å². The summed E-state index contributed by atoms with van der Waals surface area (Å²) in [5.74, 6) is 1.79. The Balaban J connectivity index is 1.77. The molecule has 2 aromatic rings. The minimum absolute atomic E-state index is 0.787. The van der Waals surface area contributed by atoms with Crippen LogP contribution in [-0.2, 0) is 6.42 Å². The molecule has 0 aromatic carbocycles. The molecule has 0 N–H and O–H groups in total. The van der Waals surface area contributed by atoms with Crippen molar-refractivity contribution < 1.29 is 0 Å². The highest BCUT2D eigenvalue weighted by Gasteiger charge is 2.14. The summed E-state index contributed by atoms with van der Waals surface area (Å²) in [5, 5.41) is 0. The Morgan fingerprint density at radius 3 is 2.57 bits per heavy atom. The van der Waals surface area contributed by atoms with Crippen LogP contribution in [0.1, 0.15) is 25.5 Å². The van der Waals surface area contributed by atoms with Crippen molar-refractivity contribution in [1.82, 2.24) is 19.9 Å². The second-order valence-electron chi connectivity index (χ2n) is 6.10. The molecule has 0 unspecified atom stereocenters. The predicted octanol–water partition coefficient (Wildman–Crippen LogP) is 2.63. The number of hydrogen-bond donors (Lipinski definition) is 0. The van der Waals surface area contributed by atoms with Crippen molar-refractivity contribution in [3.8, 4) is 11.4 Å². The van der Waals surface area contributed by atoms with E-state index >= 15 is 0 Å². The predicted molar refractivity (Wildman–Crippen MR) is 93.6 cm³/mol. The van der Waals surface area contributed by atoms with Crippen LogP contribution in [-0.4, -0.2) is 53.1 Å².